The fourth-order valence-electron chi connectivity index (χ4n) is 3.58. The number of likely N-dealkylation sites (N-methyl/N-ethyl adjacent to an activating group) is 1. The predicted molar refractivity (Wildman–Crippen MR) is 103 cm³/mol. The highest BCUT2D eigenvalue weighted by Gasteiger charge is 2.42. The van der Waals surface area contributed by atoms with E-state index in [0.29, 0.717) is 12.0 Å². The van der Waals surface area contributed by atoms with Crippen LogP contribution >= 0.6 is 0 Å². The molecule has 2 fully saturated rings. The number of carboxylic acids is 1. The van der Waals surface area contributed by atoms with Crippen LogP contribution in [0.25, 0.3) is 0 Å². The number of alkyl halides is 3. The molecule has 1 aromatic rings. The van der Waals surface area contributed by atoms with E-state index < -0.39 is 12.1 Å². The van der Waals surface area contributed by atoms with Gasteiger partial charge >= 0.3 is 12.1 Å². The molecule has 0 aromatic carbocycles. The molecule has 176 valence electrons. The van der Waals surface area contributed by atoms with Crippen molar-refractivity contribution in [2.75, 3.05) is 47.0 Å². The Balaban J connectivity index is 0.000000423. The normalized spacial score (nSPS) is 20.9. The molecule has 11 heteroatoms. The topological polar surface area (TPSA) is 92.5 Å². The van der Waals surface area contributed by atoms with E-state index in [0.717, 1.165) is 45.5 Å². The summed E-state index contributed by atoms with van der Waals surface area (Å²) in [5.74, 6) is -2.76. The molecule has 0 bridgehead atoms. The van der Waals surface area contributed by atoms with Crippen LogP contribution in [0.5, 0.6) is 0 Å². The Kier molecular flexibility index (Phi) is 8.90. The maximum absolute atomic E-state index is 11.5. The number of ether oxygens (including phenoxy) is 2. The van der Waals surface area contributed by atoms with Gasteiger partial charge in [-0.1, -0.05) is 0 Å². The molecule has 3 heterocycles. The molecule has 0 aliphatic carbocycles. The van der Waals surface area contributed by atoms with Crippen LogP contribution in [0.15, 0.2) is 23.0 Å². The fourth-order valence-corrected chi connectivity index (χ4v) is 3.58. The molecule has 1 aromatic heterocycles. The number of hydrogen-bond donors (Lipinski definition) is 1. The molecule has 2 aliphatic heterocycles. The minimum Gasteiger partial charge on any atom is -0.475 e. The molecular formula is C20H29F3N2O6. The van der Waals surface area contributed by atoms with Crippen molar-refractivity contribution in [2.45, 2.75) is 38.1 Å². The largest absolute Gasteiger partial charge is 0.490 e. The predicted octanol–water partition coefficient (Wildman–Crippen LogP) is 2.39. The van der Waals surface area contributed by atoms with Crippen LogP contribution in [-0.4, -0.2) is 86.1 Å². The number of carbonyl (C=O) groups is 2. The molecule has 2 saturated heterocycles. The smallest absolute Gasteiger partial charge is 0.475 e. The summed E-state index contributed by atoms with van der Waals surface area (Å²) < 4.78 is 48.4. The Morgan fingerprint density at radius 1 is 1.32 bits per heavy atom. The second-order valence-electron chi connectivity index (χ2n) is 8.15. The van der Waals surface area contributed by atoms with Crippen molar-refractivity contribution in [3.05, 3.63) is 24.2 Å². The van der Waals surface area contributed by atoms with E-state index >= 15 is 0 Å². The minimum absolute atomic E-state index is 0.00438. The van der Waals surface area contributed by atoms with Gasteiger partial charge in [0, 0.05) is 26.2 Å². The number of rotatable bonds is 6. The van der Waals surface area contributed by atoms with Gasteiger partial charge in [0.05, 0.1) is 31.8 Å². The molecule has 31 heavy (non-hydrogen) atoms. The second-order valence-corrected chi connectivity index (χ2v) is 8.15. The number of amides is 1. The summed E-state index contributed by atoms with van der Waals surface area (Å²) >= 11 is 0. The van der Waals surface area contributed by atoms with Crippen LogP contribution in [0, 0.1) is 5.41 Å². The number of hydrogen-bond acceptors (Lipinski definition) is 6. The number of aliphatic carboxylic acids is 1. The van der Waals surface area contributed by atoms with Gasteiger partial charge in [-0.05, 0) is 43.8 Å². The number of carbonyl (C=O) groups excluding carboxylic acids is 1. The van der Waals surface area contributed by atoms with E-state index in [-0.39, 0.29) is 18.6 Å². The third-order valence-corrected chi connectivity index (χ3v) is 5.46. The summed E-state index contributed by atoms with van der Waals surface area (Å²) in [6.45, 7) is 4.63. The summed E-state index contributed by atoms with van der Waals surface area (Å²) in [7, 11) is 3.48. The van der Waals surface area contributed by atoms with Gasteiger partial charge < -0.3 is 23.9 Å². The molecule has 1 N–H and O–H groups in total. The zero-order valence-corrected chi connectivity index (χ0v) is 17.7. The highest BCUT2D eigenvalue weighted by Crippen LogP contribution is 2.42. The Morgan fingerprint density at radius 3 is 2.48 bits per heavy atom. The van der Waals surface area contributed by atoms with E-state index in [2.05, 4.69) is 4.90 Å². The van der Waals surface area contributed by atoms with Crippen molar-refractivity contribution in [1.29, 1.82) is 0 Å². The highest BCUT2D eigenvalue weighted by molar-refractivity contribution is 5.76. The lowest BCUT2D eigenvalue weighted by Gasteiger charge is -2.38. The highest BCUT2D eigenvalue weighted by atomic mass is 19.4. The Labute approximate surface area is 178 Å². The Hall–Kier alpha value is -2.11. The molecule has 1 unspecified atom stereocenters. The first kappa shape index (κ1) is 25.2. The first-order chi connectivity index (χ1) is 14.5. The third kappa shape index (κ3) is 8.15. The third-order valence-electron chi connectivity index (χ3n) is 5.46. The molecular weight excluding hydrogens is 421 g/mol. The van der Waals surface area contributed by atoms with Gasteiger partial charge in [-0.25, -0.2) is 4.79 Å². The maximum Gasteiger partial charge on any atom is 0.490 e. The van der Waals surface area contributed by atoms with Gasteiger partial charge in [-0.3, -0.25) is 9.69 Å². The fraction of sp³-hybridized carbons (Fsp3) is 0.700. The lowest BCUT2D eigenvalue weighted by Crippen LogP contribution is -2.40. The first-order valence-electron chi connectivity index (χ1n) is 9.94. The number of carboxylic acid groups (broad SMARTS) is 1. The first-order valence-corrected chi connectivity index (χ1v) is 9.94. The van der Waals surface area contributed by atoms with Gasteiger partial charge in [-0.2, -0.15) is 13.2 Å². The molecule has 1 atom stereocenters. The number of piperidine rings is 1. The summed E-state index contributed by atoms with van der Waals surface area (Å²) in [5, 5.41) is 7.12. The van der Waals surface area contributed by atoms with Crippen molar-refractivity contribution >= 4 is 11.9 Å². The average Bonchev–Trinajstić information content (AvgIpc) is 3.34. The minimum atomic E-state index is -5.08. The van der Waals surface area contributed by atoms with Gasteiger partial charge in [0.1, 0.15) is 6.61 Å². The Bertz CT molecular complexity index is 700. The monoisotopic (exact) mass is 450 g/mol. The summed E-state index contributed by atoms with van der Waals surface area (Å²) in [6.07, 6.45) is 1.97. The SMILES string of the molecule is CN(C)C(=O)COCC1CC2(CCN(Cc3ccoc3)CC2)CO1.O=C(O)C(F)(F)F. The van der Waals surface area contributed by atoms with Crippen molar-refractivity contribution < 1.29 is 41.8 Å². The van der Waals surface area contributed by atoms with E-state index in [1.807, 2.05) is 12.3 Å². The van der Waals surface area contributed by atoms with Crippen LogP contribution in [0.4, 0.5) is 13.2 Å². The number of halogens is 3. The summed E-state index contributed by atoms with van der Waals surface area (Å²) in [4.78, 5) is 24.5. The summed E-state index contributed by atoms with van der Waals surface area (Å²) in [5.41, 5.74) is 1.54. The van der Waals surface area contributed by atoms with Crippen molar-refractivity contribution in [3.8, 4) is 0 Å². The van der Waals surface area contributed by atoms with Crippen LogP contribution < -0.4 is 0 Å². The number of likely N-dealkylation sites (tertiary alicyclic amines) is 1. The molecule has 8 nitrogen and oxygen atoms in total. The molecule has 1 amide bonds. The van der Waals surface area contributed by atoms with Crippen molar-refractivity contribution in [1.82, 2.24) is 9.80 Å². The van der Waals surface area contributed by atoms with Gasteiger partial charge in [-0.15, -0.1) is 0 Å². The molecule has 3 rings (SSSR count). The van der Waals surface area contributed by atoms with E-state index in [1.165, 1.54) is 5.56 Å². The lowest BCUT2D eigenvalue weighted by atomic mass is 9.76. The Morgan fingerprint density at radius 2 is 1.97 bits per heavy atom. The second kappa shape index (κ2) is 11.0. The standard InChI is InChI=1S/C18H28N2O4.C2HF3O2/c1-19(2)17(21)13-23-12-16-9-18(14-24-16)4-6-20(7-5-18)10-15-3-8-22-11-15;3-2(4,5)1(6)7/h3,8,11,16H,4-7,9-10,12-14H2,1-2H3;(H,6,7). The summed E-state index contributed by atoms with van der Waals surface area (Å²) in [6, 6.07) is 2.03. The number of furan rings is 1. The van der Waals surface area contributed by atoms with E-state index in [1.54, 1.807) is 25.3 Å². The van der Waals surface area contributed by atoms with Crippen molar-refractivity contribution in [2.24, 2.45) is 5.41 Å². The molecule has 2 aliphatic rings. The van der Waals surface area contributed by atoms with Gasteiger partial charge in [0.15, 0.2) is 0 Å². The van der Waals surface area contributed by atoms with E-state index in [9.17, 15) is 18.0 Å². The molecule has 0 radical (unpaired) electrons. The van der Waals surface area contributed by atoms with Crippen LogP contribution in [-0.2, 0) is 25.6 Å². The molecule has 0 saturated carbocycles. The van der Waals surface area contributed by atoms with Crippen LogP contribution in [0.2, 0.25) is 0 Å². The van der Waals surface area contributed by atoms with Crippen LogP contribution in [0.3, 0.4) is 0 Å². The van der Waals surface area contributed by atoms with Crippen LogP contribution in [0.1, 0.15) is 24.8 Å². The van der Waals surface area contributed by atoms with Gasteiger partial charge in [0.25, 0.3) is 0 Å². The quantitative estimate of drug-likeness (QED) is 0.712. The average molecular weight is 450 g/mol. The zero-order valence-electron chi connectivity index (χ0n) is 17.7. The maximum atomic E-state index is 11.5. The van der Waals surface area contributed by atoms with E-state index in [4.69, 9.17) is 23.8 Å². The lowest BCUT2D eigenvalue weighted by molar-refractivity contribution is -0.192. The van der Waals surface area contributed by atoms with Gasteiger partial charge in [0.2, 0.25) is 5.91 Å². The number of nitrogens with zero attached hydrogens (tertiary/aromatic N) is 2. The zero-order chi connectivity index (χ0) is 23.1. The molecule has 1 spiro atoms. The van der Waals surface area contributed by atoms with Crippen molar-refractivity contribution in [3.63, 3.8) is 0 Å².